The van der Waals surface area contributed by atoms with Crippen molar-refractivity contribution in [2.24, 2.45) is 0 Å². The van der Waals surface area contributed by atoms with Crippen molar-refractivity contribution in [3.8, 4) is 0 Å². The minimum atomic E-state index is -3.50. The first-order valence-corrected chi connectivity index (χ1v) is 9.20. The lowest BCUT2D eigenvalue weighted by atomic mass is 10.2. The van der Waals surface area contributed by atoms with Crippen LogP contribution in [0.15, 0.2) is 47.6 Å². The number of rotatable bonds is 6. The topological polar surface area (TPSA) is 73.3 Å². The number of aromatic nitrogens is 1. The molecule has 0 saturated heterocycles. The maximum atomic E-state index is 12.0. The molecule has 0 aliphatic carbocycles. The Hall–Kier alpha value is -1.92. The number of hydrogen-bond donors (Lipinski definition) is 0. The van der Waals surface area contributed by atoms with E-state index in [4.69, 9.17) is 16.3 Å². The Kier molecular flexibility index (Phi) is 5.74. The minimum absolute atomic E-state index is 0.0797. The molecule has 1 aromatic heterocycles. The molecule has 0 bridgehead atoms. The second kappa shape index (κ2) is 7.57. The fourth-order valence-electron chi connectivity index (χ4n) is 1.98. The summed E-state index contributed by atoms with van der Waals surface area (Å²) in [6.07, 6.45) is 5.90. The summed E-state index contributed by atoms with van der Waals surface area (Å²) >= 11 is 5.84. The molecule has 0 aliphatic rings. The number of esters is 1. The van der Waals surface area contributed by atoms with Crippen LogP contribution in [0.1, 0.15) is 22.3 Å². The Morgan fingerprint density at radius 1 is 1.30 bits per heavy atom. The Labute approximate surface area is 140 Å². The van der Waals surface area contributed by atoms with Crippen LogP contribution in [0.25, 0.3) is 0 Å². The standard InChI is InChI=1S/C16H16ClNO4S/c1-23(20,21)15-10-13(6-7-14(15)17)16(19)22-9-3-5-12-4-2-8-18-11-12/h2,4,6-8,10-11H,3,5,9H2,1H3. The van der Waals surface area contributed by atoms with Gasteiger partial charge in [0, 0.05) is 18.6 Å². The van der Waals surface area contributed by atoms with Crippen molar-refractivity contribution in [3.63, 3.8) is 0 Å². The van der Waals surface area contributed by atoms with E-state index in [9.17, 15) is 13.2 Å². The number of aryl methyl sites for hydroxylation is 1. The summed E-state index contributed by atoms with van der Waals surface area (Å²) in [7, 11) is -3.50. The highest BCUT2D eigenvalue weighted by atomic mass is 35.5. The molecule has 0 atom stereocenters. The van der Waals surface area contributed by atoms with Gasteiger partial charge in [-0.15, -0.1) is 0 Å². The van der Waals surface area contributed by atoms with Crippen LogP contribution in [-0.4, -0.2) is 32.2 Å². The number of carbonyl (C=O) groups excluding carboxylic acids is 1. The van der Waals surface area contributed by atoms with Crippen LogP contribution in [0.2, 0.25) is 5.02 Å². The molecule has 5 nitrogen and oxygen atoms in total. The fraction of sp³-hybridized carbons (Fsp3) is 0.250. The first kappa shape index (κ1) is 17.4. The van der Waals surface area contributed by atoms with Crippen molar-refractivity contribution in [2.75, 3.05) is 12.9 Å². The lowest BCUT2D eigenvalue weighted by Gasteiger charge is -2.07. The molecule has 0 spiro atoms. The monoisotopic (exact) mass is 353 g/mol. The fourth-order valence-corrected chi connectivity index (χ4v) is 3.29. The third kappa shape index (κ3) is 5.04. The van der Waals surface area contributed by atoms with Crippen LogP contribution in [0.4, 0.5) is 0 Å². The van der Waals surface area contributed by atoms with E-state index in [1.165, 1.54) is 18.2 Å². The predicted molar refractivity (Wildman–Crippen MR) is 87.4 cm³/mol. The van der Waals surface area contributed by atoms with E-state index < -0.39 is 15.8 Å². The lowest BCUT2D eigenvalue weighted by molar-refractivity contribution is 0.0500. The molecular weight excluding hydrogens is 338 g/mol. The molecule has 0 aliphatic heterocycles. The van der Waals surface area contributed by atoms with Crippen molar-refractivity contribution in [1.82, 2.24) is 4.98 Å². The average molecular weight is 354 g/mol. The van der Waals surface area contributed by atoms with Crippen LogP contribution in [0, 0.1) is 0 Å². The molecule has 1 aromatic carbocycles. The van der Waals surface area contributed by atoms with Crippen molar-refractivity contribution in [3.05, 3.63) is 58.9 Å². The third-order valence-corrected chi connectivity index (χ3v) is 4.71. The number of sulfone groups is 1. The van der Waals surface area contributed by atoms with Gasteiger partial charge in [0.2, 0.25) is 0 Å². The summed E-state index contributed by atoms with van der Waals surface area (Å²) in [6.45, 7) is 0.241. The molecule has 2 aromatic rings. The number of ether oxygens (including phenoxy) is 1. The Balaban J connectivity index is 1.94. The van der Waals surface area contributed by atoms with Gasteiger partial charge in [0.1, 0.15) is 0 Å². The zero-order chi connectivity index (χ0) is 16.9. The third-order valence-electron chi connectivity index (χ3n) is 3.13. The SMILES string of the molecule is CS(=O)(=O)c1cc(C(=O)OCCCc2cccnc2)ccc1Cl. The predicted octanol–water partition coefficient (Wildman–Crippen LogP) is 2.93. The van der Waals surface area contributed by atoms with Gasteiger partial charge in [-0.2, -0.15) is 0 Å². The Morgan fingerprint density at radius 3 is 2.74 bits per heavy atom. The van der Waals surface area contributed by atoms with Gasteiger partial charge in [-0.1, -0.05) is 17.7 Å². The summed E-state index contributed by atoms with van der Waals surface area (Å²) in [5.41, 5.74) is 1.23. The van der Waals surface area contributed by atoms with Gasteiger partial charge in [0.15, 0.2) is 9.84 Å². The van der Waals surface area contributed by atoms with Gasteiger partial charge in [0.25, 0.3) is 0 Å². The van der Waals surface area contributed by atoms with E-state index in [1.807, 2.05) is 12.1 Å². The van der Waals surface area contributed by atoms with E-state index in [0.29, 0.717) is 6.42 Å². The molecule has 0 saturated carbocycles. The van der Waals surface area contributed by atoms with Gasteiger partial charge in [-0.3, -0.25) is 4.98 Å². The molecular formula is C16H16ClNO4S. The normalized spacial score (nSPS) is 11.2. The Bertz CT molecular complexity index is 791. The average Bonchev–Trinajstić information content (AvgIpc) is 2.51. The Morgan fingerprint density at radius 2 is 2.09 bits per heavy atom. The largest absolute Gasteiger partial charge is 0.462 e. The first-order chi connectivity index (χ1) is 10.9. The van der Waals surface area contributed by atoms with Crippen LogP contribution in [0.5, 0.6) is 0 Å². The molecule has 7 heteroatoms. The van der Waals surface area contributed by atoms with Crippen molar-refractivity contribution < 1.29 is 17.9 Å². The number of halogens is 1. The van der Waals surface area contributed by atoms with E-state index in [-0.39, 0.29) is 22.1 Å². The summed E-state index contributed by atoms with van der Waals surface area (Å²) < 4.78 is 28.4. The number of nitrogens with zero attached hydrogens (tertiary/aromatic N) is 1. The molecule has 0 fully saturated rings. The van der Waals surface area contributed by atoms with Crippen LogP contribution in [0.3, 0.4) is 0 Å². The molecule has 122 valence electrons. The van der Waals surface area contributed by atoms with Crippen molar-refractivity contribution in [2.45, 2.75) is 17.7 Å². The minimum Gasteiger partial charge on any atom is -0.462 e. The number of benzene rings is 1. The number of carbonyl (C=O) groups is 1. The second-order valence-electron chi connectivity index (χ2n) is 5.02. The van der Waals surface area contributed by atoms with E-state index in [0.717, 1.165) is 18.2 Å². The van der Waals surface area contributed by atoms with E-state index in [2.05, 4.69) is 4.98 Å². The van der Waals surface area contributed by atoms with Gasteiger partial charge in [-0.05, 0) is 42.7 Å². The zero-order valence-corrected chi connectivity index (χ0v) is 14.1. The van der Waals surface area contributed by atoms with Gasteiger partial charge in [-0.25, -0.2) is 13.2 Å². The quantitative estimate of drug-likeness (QED) is 0.589. The molecule has 0 radical (unpaired) electrons. The molecule has 0 amide bonds. The zero-order valence-electron chi connectivity index (χ0n) is 12.5. The molecule has 23 heavy (non-hydrogen) atoms. The van der Waals surface area contributed by atoms with Crippen molar-refractivity contribution in [1.29, 1.82) is 0 Å². The summed E-state index contributed by atoms with van der Waals surface area (Å²) in [4.78, 5) is 15.9. The van der Waals surface area contributed by atoms with Crippen LogP contribution < -0.4 is 0 Å². The number of pyridine rings is 1. The lowest BCUT2D eigenvalue weighted by Crippen LogP contribution is -2.09. The number of hydrogen-bond acceptors (Lipinski definition) is 5. The second-order valence-corrected chi connectivity index (χ2v) is 7.41. The highest BCUT2D eigenvalue weighted by Gasteiger charge is 2.16. The maximum absolute atomic E-state index is 12.0. The van der Waals surface area contributed by atoms with Crippen LogP contribution >= 0.6 is 11.6 Å². The summed E-state index contributed by atoms with van der Waals surface area (Å²) in [6, 6.07) is 7.86. The van der Waals surface area contributed by atoms with Gasteiger partial charge >= 0.3 is 5.97 Å². The highest BCUT2D eigenvalue weighted by molar-refractivity contribution is 7.90. The summed E-state index contributed by atoms with van der Waals surface area (Å²) in [5.74, 6) is -0.572. The maximum Gasteiger partial charge on any atom is 0.338 e. The first-order valence-electron chi connectivity index (χ1n) is 6.93. The summed E-state index contributed by atoms with van der Waals surface area (Å²) in [5, 5.41) is 0.0839. The highest BCUT2D eigenvalue weighted by Crippen LogP contribution is 2.23. The van der Waals surface area contributed by atoms with E-state index >= 15 is 0 Å². The molecule has 0 unspecified atom stereocenters. The van der Waals surface area contributed by atoms with Gasteiger partial charge < -0.3 is 4.74 Å². The van der Waals surface area contributed by atoms with Gasteiger partial charge in [0.05, 0.1) is 22.1 Å². The molecule has 1 heterocycles. The smallest absolute Gasteiger partial charge is 0.338 e. The molecule has 2 rings (SSSR count). The molecule has 0 N–H and O–H groups in total. The van der Waals surface area contributed by atoms with Crippen LogP contribution in [-0.2, 0) is 21.0 Å². The van der Waals surface area contributed by atoms with Crippen molar-refractivity contribution >= 4 is 27.4 Å². The van der Waals surface area contributed by atoms with E-state index in [1.54, 1.807) is 12.4 Å².